The fourth-order valence-electron chi connectivity index (χ4n) is 10.8. The molecule has 74 heavy (non-hydrogen) atoms. The number of carbonyl (C=O) groups is 2. The molecule has 1 aliphatic heterocycles. The van der Waals surface area contributed by atoms with Crippen molar-refractivity contribution in [3.8, 4) is 5.69 Å². The van der Waals surface area contributed by atoms with Gasteiger partial charge in [0.15, 0.2) is 22.5 Å². The number of carboxylic acid groups (broad SMARTS) is 1. The van der Waals surface area contributed by atoms with Gasteiger partial charge in [0, 0.05) is 67.9 Å². The van der Waals surface area contributed by atoms with Gasteiger partial charge in [0.25, 0.3) is 0 Å². The lowest BCUT2D eigenvalue weighted by molar-refractivity contribution is -0.137. The number of halogens is 1. The quantitative estimate of drug-likeness (QED) is 0.0132. The van der Waals surface area contributed by atoms with Crippen molar-refractivity contribution < 1.29 is 14.7 Å². The zero-order valence-electron chi connectivity index (χ0n) is 44.9. The fraction of sp³-hybridized carbons (Fsp3) is 0.632. The highest BCUT2D eigenvalue weighted by atomic mass is 35.5. The van der Waals surface area contributed by atoms with E-state index in [0.717, 1.165) is 171 Å². The predicted octanol–water partition coefficient (Wildman–Crippen LogP) is 12.2. The van der Waals surface area contributed by atoms with Crippen LogP contribution in [0.5, 0.6) is 0 Å². The first kappa shape index (κ1) is 57.1. The summed E-state index contributed by atoms with van der Waals surface area (Å²) in [4.78, 5) is 42.9. The number of unbranched alkanes of at least 4 members (excludes halogenated alkanes) is 4. The van der Waals surface area contributed by atoms with Crippen molar-refractivity contribution in [3.05, 3.63) is 81.6 Å². The van der Waals surface area contributed by atoms with Gasteiger partial charge in [0.05, 0.1) is 17.6 Å². The lowest BCUT2D eigenvalue weighted by atomic mass is 9.77. The normalized spacial score (nSPS) is 17.9. The number of aromatic nitrogens is 4. The first-order valence-electron chi connectivity index (χ1n) is 28.0. The number of likely N-dealkylation sites (tertiary alicyclic amines) is 1. The number of carbonyl (C=O) groups excluding carboxylic acids is 1. The first-order valence-corrected chi connectivity index (χ1v) is 29.4. The fourth-order valence-corrected chi connectivity index (χ4v) is 11.6. The number of aromatic carboxylic acids is 1. The molecule has 4 aromatic rings. The average Bonchev–Trinajstić information content (AvgIpc) is 3.96. The van der Waals surface area contributed by atoms with Gasteiger partial charge in [0.1, 0.15) is 5.56 Å². The smallest absolute Gasteiger partial charge is 0.339 e. The van der Waals surface area contributed by atoms with Crippen molar-refractivity contribution in [3.63, 3.8) is 0 Å². The zero-order chi connectivity index (χ0) is 52.2. The maximum absolute atomic E-state index is 14.1. The molecule has 1 amide bonds. The second kappa shape index (κ2) is 29.6. The first-order chi connectivity index (χ1) is 36.0. The number of carboxylic acids is 1. The lowest BCUT2D eigenvalue weighted by Crippen LogP contribution is -2.41. The van der Waals surface area contributed by atoms with Crippen molar-refractivity contribution >= 4 is 52.6 Å². The maximum Gasteiger partial charge on any atom is 0.339 e. The van der Waals surface area contributed by atoms with Crippen LogP contribution in [0.3, 0.4) is 0 Å². The Labute approximate surface area is 450 Å². The summed E-state index contributed by atoms with van der Waals surface area (Å²) in [7, 11) is 4.45. The van der Waals surface area contributed by atoms with Crippen LogP contribution < -0.4 is 16.0 Å². The van der Waals surface area contributed by atoms with Gasteiger partial charge >= 0.3 is 5.97 Å². The number of thioether (sulfide) groups is 1. The van der Waals surface area contributed by atoms with Gasteiger partial charge in [-0.25, -0.2) is 25.0 Å². The second-order valence-electron chi connectivity index (χ2n) is 21.2. The number of anilines is 2. The number of aryl methyl sites for hydroxylation is 1. The van der Waals surface area contributed by atoms with Crippen LogP contribution in [0.1, 0.15) is 168 Å². The Morgan fingerprint density at radius 2 is 1.58 bits per heavy atom. The third-order valence-corrected chi connectivity index (χ3v) is 16.5. The van der Waals surface area contributed by atoms with Crippen LogP contribution in [0.15, 0.2) is 58.9 Å². The minimum absolute atomic E-state index is 0.0701. The van der Waals surface area contributed by atoms with E-state index in [1.165, 1.54) is 30.2 Å². The van der Waals surface area contributed by atoms with Gasteiger partial charge in [0.2, 0.25) is 5.91 Å². The number of likely N-dealkylation sites (N-methyl/N-ethyl adjacent to an activating group) is 2. The molecule has 0 bridgehead atoms. The van der Waals surface area contributed by atoms with Crippen LogP contribution in [0.4, 0.5) is 17.3 Å². The summed E-state index contributed by atoms with van der Waals surface area (Å²) in [5, 5.41) is 30.2. The molecule has 7 rings (SSSR count). The summed E-state index contributed by atoms with van der Waals surface area (Å²) in [5.74, 6) is 2.09. The standard InChI is InChI=1S/C57H85ClN12O3S/c1-5-7-18-48-19-14-31-69(48)55(71)45-17-13-16-44(37-45)46-35-42(36-49(38-46)70-52(43-22-23-43)50(40-63-70)56(72)73)15-9-8-11-29-67(3)32-33-68(4)30-12-10-26-60-27-28-61-53-51(66-59)54(65-57(64-53)74-34-6-2)62-39-41-20-24-47(58)25-21-41/h20-21,24-25,35-36,38,40,43-45,48,59-60H,5-19,22-23,26-34,37,39H2,1-4H3,(H,72,73)(H2,61,62,64,65)/t44-,45+,48?/m0/s1. The molecule has 3 heterocycles. The number of rotatable bonds is 33. The topological polar surface area (TPSA) is 180 Å². The van der Waals surface area contributed by atoms with Crippen molar-refractivity contribution in [2.45, 2.75) is 159 Å². The Hall–Kier alpha value is -4.61. The van der Waals surface area contributed by atoms with Gasteiger partial charge in [-0.2, -0.15) is 10.2 Å². The minimum atomic E-state index is -0.909. The highest BCUT2D eigenvalue weighted by molar-refractivity contribution is 7.99. The number of hydrogen-bond acceptors (Lipinski definition) is 13. The van der Waals surface area contributed by atoms with Crippen molar-refractivity contribution in [1.82, 2.24) is 39.8 Å². The van der Waals surface area contributed by atoms with Crippen LogP contribution in [-0.2, 0) is 17.8 Å². The van der Waals surface area contributed by atoms with Crippen LogP contribution in [0.2, 0.25) is 5.02 Å². The molecule has 3 aliphatic rings. The highest BCUT2D eigenvalue weighted by Gasteiger charge is 2.37. The summed E-state index contributed by atoms with van der Waals surface area (Å²) in [6.07, 6.45) is 20.8. The highest BCUT2D eigenvalue weighted by Crippen LogP contribution is 2.44. The molecule has 1 unspecified atom stereocenters. The molecule has 1 saturated heterocycles. The third-order valence-electron chi connectivity index (χ3n) is 15.2. The largest absolute Gasteiger partial charge is 0.478 e. The molecule has 0 spiro atoms. The molecule has 2 aromatic carbocycles. The Morgan fingerprint density at radius 3 is 2.30 bits per heavy atom. The third kappa shape index (κ3) is 16.9. The molecule has 3 atom stereocenters. The summed E-state index contributed by atoms with van der Waals surface area (Å²) in [6, 6.07) is 15.0. The van der Waals surface area contributed by atoms with E-state index in [0.29, 0.717) is 64.0 Å². The molecule has 0 radical (unpaired) electrons. The molecule has 2 saturated carbocycles. The summed E-state index contributed by atoms with van der Waals surface area (Å²) in [5.41, 5.74) is 14.1. The molecule has 17 heteroatoms. The van der Waals surface area contributed by atoms with Gasteiger partial charge in [-0.15, -0.1) is 0 Å². The van der Waals surface area contributed by atoms with Gasteiger partial charge in [-0.3, -0.25) is 4.79 Å². The van der Waals surface area contributed by atoms with E-state index in [9.17, 15) is 14.7 Å². The lowest BCUT2D eigenvalue weighted by Gasteiger charge is -2.34. The van der Waals surface area contributed by atoms with Crippen LogP contribution in [0, 0.1) is 11.4 Å². The minimum Gasteiger partial charge on any atom is -0.478 e. The van der Waals surface area contributed by atoms with Crippen LogP contribution in [0.25, 0.3) is 5.69 Å². The number of nitrogens with zero attached hydrogens (tertiary/aromatic N) is 8. The predicted molar refractivity (Wildman–Crippen MR) is 301 cm³/mol. The van der Waals surface area contributed by atoms with Gasteiger partial charge in [-0.05, 0) is 170 Å². The summed E-state index contributed by atoms with van der Waals surface area (Å²) < 4.78 is 1.92. The Morgan fingerprint density at radius 1 is 0.824 bits per heavy atom. The SMILES string of the molecule is CCCCC1CCCN1C(=O)[C@@H]1CCC[C@H](c2cc(CCCCCN(C)CCN(C)CCCCNCCNc3nc(SCCC)nc(NCc4ccc(Cl)cc4)c3N=N)cc(-n3ncc(C(=O)O)c3C3CC3)c2)C1. The van der Waals surface area contributed by atoms with Crippen LogP contribution >= 0.6 is 23.4 Å². The maximum atomic E-state index is 14.1. The van der Waals surface area contributed by atoms with E-state index in [2.05, 4.69) is 86.9 Å². The number of amides is 1. The number of benzene rings is 2. The average molecular weight is 1050 g/mol. The molecular weight excluding hydrogens is 968 g/mol. The van der Waals surface area contributed by atoms with Crippen LogP contribution in [-0.4, -0.2) is 130 Å². The Balaban J connectivity index is 0.818. The molecule has 2 aliphatic carbocycles. The van der Waals surface area contributed by atoms with Gasteiger partial charge in [-0.1, -0.05) is 81.1 Å². The van der Waals surface area contributed by atoms with Crippen molar-refractivity contribution in [2.75, 3.05) is 82.8 Å². The monoisotopic (exact) mass is 1050 g/mol. The molecular formula is C57H85ClN12O3S. The van der Waals surface area contributed by atoms with Crippen molar-refractivity contribution in [2.24, 2.45) is 11.0 Å². The van der Waals surface area contributed by atoms with E-state index in [1.807, 2.05) is 28.9 Å². The molecule has 2 aromatic heterocycles. The van der Waals surface area contributed by atoms with Crippen molar-refractivity contribution in [1.29, 1.82) is 5.53 Å². The van der Waals surface area contributed by atoms with E-state index in [1.54, 1.807) is 11.8 Å². The zero-order valence-corrected chi connectivity index (χ0v) is 46.4. The molecule has 404 valence electrons. The molecule has 3 fully saturated rings. The molecule has 5 N–H and O–H groups in total. The second-order valence-corrected chi connectivity index (χ2v) is 22.7. The Kier molecular flexibility index (Phi) is 22.9. The van der Waals surface area contributed by atoms with Gasteiger partial charge < -0.3 is 35.8 Å². The van der Waals surface area contributed by atoms with E-state index >= 15 is 0 Å². The number of hydrogen-bond donors (Lipinski definition) is 5. The van der Waals surface area contributed by atoms with E-state index in [-0.39, 0.29) is 11.8 Å². The summed E-state index contributed by atoms with van der Waals surface area (Å²) in [6.45, 7) is 12.4. The Bertz CT molecular complexity index is 2400. The summed E-state index contributed by atoms with van der Waals surface area (Å²) >= 11 is 7.68. The number of nitrogens with one attached hydrogen (secondary N) is 4. The molecule has 15 nitrogen and oxygen atoms in total. The van der Waals surface area contributed by atoms with E-state index in [4.69, 9.17) is 27.2 Å². The van der Waals surface area contributed by atoms with E-state index < -0.39 is 5.97 Å².